The molecule has 0 rings (SSSR count). The van der Waals surface area contributed by atoms with E-state index in [2.05, 4.69) is 50.3 Å². The standard InChI is InChI=1S/C80H151NO8/c1-6-8-10-12-14-16-18-20-22-24-26-28-30-32-34-35-36-37-38-39-40-41-42-43-45-47-49-51-53-55-57-59-61-63-65-67-69-71-78(83)89-76(75-88-80(79(84)85)86-73-72-81(3,4)5)74-87-77(82)70-68-66-64-62-60-58-56-54-52-50-48-46-44-33-31-29-27-25-23-21-19-17-15-13-11-9-7-2/h18,20,24-27,76,80H,6-17,19,21-23,28-75H2,1-5H3/p+1/b20-18-,26-24-,27-25-. The molecule has 0 saturated carbocycles. The van der Waals surface area contributed by atoms with Gasteiger partial charge in [-0.25, -0.2) is 4.79 Å². The highest BCUT2D eigenvalue weighted by Gasteiger charge is 2.25. The van der Waals surface area contributed by atoms with Crippen molar-refractivity contribution in [3.8, 4) is 0 Å². The summed E-state index contributed by atoms with van der Waals surface area (Å²) >= 11 is 0. The molecule has 0 radical (unpaired) electrons. The number of aliphatic carboxylic acids is 1. The Bertz CT molecular complexity index is 1550. The highest BCUT2D eigenvalue weighted by atomic mass is 16.7. The minimum atomic E-state index is -1.51. The van der Waals surface area contributed by atoms with Gasteiger partial charge in [0, 0.05) is 12.8 Å². The number of carboxylic acid groups (broad SMARTS) is 1. The van der Waals surface area contributed by atoms with Gasteiger partial charge in [-0.05, 0) is 70.6 Å². The Morgan fingerprint density at radius 3 is 0.899 bits per heavy atom. The molecule has 9 nitrogen and oxygen atoms in total. The van der Waals surface area contributed by atoms with Gasteiger partial charge in [0.05, 0.1) is 34.4 Å². The molecule has 0 bridgehead atoms. The number of ether oxygens (including phenoxy) is 4. The Balaban J connectivity index is 3.97. The van der Waals surface area contributed by atoms with Crippen molar-refractivity contribution in [3.63, 3.8) is 0 Å². The van der Waals surface area contributed by atoms with Crippen molar-refractivity contribution in [2.75, 3.05) is 47.5 Å². The predicted molar refractivity (Wildman–Crippen MR) is 383 cm³/mol. The van der Waals surface area contributed by atoms with Crippen LogP contribution >= 0.6 is 0 Å². The molecule has 0 aromatic heterocycles. The number of rotatable bonds is 74. The van der Waals surface area contributed by atoms with E-state index < -0.39 is 18.4 Å². The number of allylic oxidation sites excluding steroid dienone is 6. The number of esters is 2. The van der Waals surface area contributed by atoms with Crippen molar-refractivity contribution in [1.82, 2.24) is 0 Å². The second-order valence-corrected chi connectivity index (χ2v) is 28.0. The largest absolute Gasteiger partial charge is 0.477 e. The predicted octanol–water partition coefficient (Wildman–Crippen LogP) is 24.7. The van der Waals surface area contributed by atoms with E-state index in [1.165, 1.54) is 327 Å². The van der Waals surface area contributed by atoms with Gasteiger partial charge in [0.2, 0.25) is 0 Å². The molecule has 0 aliphatic carbocycles. The highest BCUT2D eigenvalue weighted by molar-refractivity contribution is 5.71. The molecular formula is C80H152NO8+. The normalized spacial score (nSPS) is 12.8. The third-order valence-corrected chi connectivity index (χ3v) is 17.9. The quantitative estimate of drug-likeness (QED) is 0.0211. The SMILES string of the molecule is CCCCCCC/C=C\C/C=C\CCCCCCCCCCCCCCCCCCCCCCCCCCCC(=O)OC(COC(=O)CCCCCCCCCCCCCCCCC/C=C\CCCCCCCCCC)COC(OCC[N+](C)(C)C)C(=O)O. The van der Waals surface area contributed by atoms with Gasteiger partial charge in [-0.2, -0.15) is 0 Å². The van der Waals surface area contributed by atoms with Crippen LogP contribution in [0.4, 0.5) is 0 Å². The Labute approximate surface area is 553 Å². The van der Waals surface area contributed by atoms with Crippen LogP contribution in [0.5, 0.6) is 0 Å². The summed E-state index contributed by atoms with van der Waals surface area (Å²) in [7, 11) is 6.00. The zero-order valence-electron chi connectivity index (χ0n) is 60.1. The van der Waals surface area contributed by atoms with Crippen LogP contribution in [-0.2, 0) is 33.3 Å². The van der Waals surface area contributed by atoms with Gasteiger partial charge < -0.3 is 28.5 Å². The number of carbonyl (C=O) groups is 3. The van der Waals surface area contributed by atoms with Crippen LogP contribution in [0.15, 0.2) is 36.5 Å². The van der Waals surface area contributed by atoms with Crippen molar-refractivity contribution in [2.24, 2.45) is 0 Å². The number of unbranched alkanes of at least 4 members (excludes halogenated alkanes) is 53. The Morgan fingerprint density at radius 1 is 0.337 bits per heavy atom. The molecular weight excluding hydrogens is 1100 g/mol. The fourth-order valence-electron chi connectivity index (χ4n) is 11.9. The summed E-state index contributed by atoms with van der Waals surface area (Å²) in [4.78, 5) is 37.7. The summed E-state index contributed by atoms with van der Waals surface area (Å²) in [5.41, 5.74) is 0. The lowest BCUT2D eigenvalue weighted by atomic mass is 10.0. The molecule has 0 aliphatic heterocycles. The summed E-state index contributed by atoms with van der Waals surface area (Å²) in [5, 5.41) is 9.77. The van der Waals surface area contributed by atoms with Crippen LogP contribution in [0, 0.1) is 0 Å². The summed E-state index contributed by atoms with van der Waals surface area (Å²) in [6, 6.07) is 0. The first-order valence-corrected chi connectivity index (χ1v) is 39.2. The molecule has 9 heteroatoms. The number of hydrogen-bond acceptors (Lipinski definition) is 7. The van der Waals surface area contributed by atoms with Gasteiger partial charge >= 0.3 is 17.9 Å². The number of likely N-dealkylation sites (N-methyl/N-ethyl adjacent to an activating group) is 1. The van der Waals surface area contributed by atoms with E-state index in [1.54, 1.807) is 0 Å². The fourth-order valence-corrected chi connectivity index (χ4v) is 11.9. The molecule has 2 unspecified atom stereocenters. The molecule has 0 aromatic carbocycles. The van der Waals surface area contributed by atoms with Crippen LogP contribution in [0.1, 0.15) is 399 Å². The number of quaternary nitrogens is 1. The maximum Gasteiger partial charge on any atom is 0.361 e. The minimum Gasteiger partial charge on any atom is -0.477 e. The minimum absolute atomic E-state index is 0.176. The Kier molecular flexibility index (Phi) is 69.4. The first-order valence-electron chi connectivity index (χ1n) is 39.2. The molecule has 0 amide bonds. The summed E-state index contributed by atoms with van der Waals surface area (Å²) in [6.45, 7) is 4.94. The maximum atomic E-state index is 13.0. The van der Waals surface area contributed by atoms with Crippen molar-refractivity contribution < 1.29 is 42.9 Å². The van der Waals surface area contributed by atoms with E-state index in [9.17, 15) is 19.5 Å². The smallest absolute Gasteiger partial charge is 0.361 e. The molecule has 1 N–H and O–H groups in total. The van der Waals surface area contributed by atoms with E-state index in [0.29, 0.717) is 17.4 Å². The van der Waals surface area contributed by atoms with Crippen LogP contribution in [-0.4, -0.2) is 87.4 Å². The molecule has 89 heavy (non-hydrogen) atoms. The van der Waals surface area contributed by atoms with Gasteiger partial charge in [0.15, 0.2) is 6.10 Å². The van der Waals surface area contributed by atoms with Gasteiger partial charge in [-0.3, -0.25) is 9.59 Å². The number of carbonyl (C=O) groups excluding carboxylic acids is 2. The average molecular weight is 1260 g/mol. The third-order valence-electron chi connectivity index (χ3n) is 17.9. The topological polar surface area (TPSA) is 108 Å². The monoisotopic (exact) mass is 1260 g/mol. The van der Waals surface area contributed by atoms with E-state index in [0.717, 1.165) is 44.9 Å². The molecule has 0 spiro atoms. The van der Waals surface area contributed by atoms with E-state index >= 15 is 0 Å². The zero-order valence-corrected chi connectivity index (χ0v) is 60.1. The average Bonchev–Trinajstić information content (AvgIpc) is 3.70. The zero-order chi connectivity index (χ0) is 64.7. The Morgan fingerprint density at radius 2 is 0.607 bits per heavy atom. The van der Waals surface area contributed by atoms with E-state index in [-0.39, 0.29) is 38.2 Å². The molecule has 0 saturated heterocycles. The van der Waals surface area contributed by atoms with Crippen molar-refractivity contribution in [2.45, 2.75) is 411 Å². The molecule has 0 aliphatic rings. The number of hydrogen-bond donors (Lipinski definition) is 1. The number of carboxylic acids is 1. The van der Waals surface area contributed by atoms with Gasteiger partial charge in [-0.15, -0.1) is 0 Å². The molecule has 0 heterocycles. The van der Waals surface area contributed by atoms with Crippen LogP contribution < -0.4 is 0 Å². The van der Waals surface area contributed by atoms with Gasteiger partial charge in [0.1, 0.15) is 13.2 Å². The fraction of sp³-hybridized carbons (Fsp3) is 0.887. The van der Waals surface area contributed by atoms with Crippen molar-refractivity contribution in [3.05, 3.63) is 36.5 Å². The molecule has 2 atom stereocenters. The van der Waals surface area contributed by atoms with Crippen LogP contribution in [0.3, 0.4) is 0 Å². The second-order valence-electron chi connectivity index (χ2n) is 28.0. The molecule has 0 aromatic rings. The third kappa shape index (κ3) is 72.8. The van der Waals surface area contributed by atoms with Gasteiger partial charge in [0.25, 0.3) is 6.29 Å². The lowest BCUT2D eigenvalue weighted by molar-refractivity contribution is -0.870. The first-order chi connectivity index (χ1) is 43.6. The Hall–Kier alpha value is -2.49. The van der Waals surface area contributed by atoms with Crippen LogP contribution in [0.2, 0.25) is 0 Å². The summed E-state index contributed by atoms with van der Waals surface area (Å²) in [6.07, 6.45) is 88.7. The van der Waals surface area contributed by atoms with E-state index in [4.69, 9.17) is 18.9 Å². The van der Waals surface area contributed by atoms with Gasteiger partial charge in [-0.1, -0.05) is 352 Å². The lowest BCUT2D eigenvalue weighted by Crippen LogP contribution is -2.40. The molecule has 0 fully saturated rings. The van der Waals surface area contributed by atoms with E-state index in [1.807, 2.05) is 21.1 Å². The van der Waals surface area contributed by atoms with Crippen molar-refractivity contribution >= 4 is 17.9 Å². The summed E-state index contributed by atoms with van der Waals surface area (Å²) < 4.78 is 23.1. The van der Waals surface area contributed by atoms with Crippen LogP contribution in [0.25, 0.3) is 0 Å². The highest BCUT2D eigenvalue weighted by Crippen LogP contribution is 2.19. The maximum absolute atomic E-state index is 13.0. The molecule has 524 valence electrons. The van der Waals surface area contributed by atoms with Crippen molar-refractivity contribution in [1.29, 1.82) is 0 Å². The summed E-state index contributed by atoms with van der Waals surface area (Å²) in [5.74, 6) is -1.97. The lowest BCUT2D eigenvalue weighted by Gasteiger charge is -2.25. The first kappa shape index (κ1) is 86.5. The number of nitrogens with zero attached hydrogens (tertiary/aromatic N) is 1. The second kappa shape index (κ2) is 71.4.